The van der Waals surface area contributed by atoms with Gasteiger partial charge in [-0.25, -0.2) is 4.39 Å². The highest BCUT2D eigenvalue weighted by molar-refractivity contribution is 6.21. The van der Waals surface area contributed by atoms with Crippen LogP contribution in [0, 0.1) is 5.82 Å². The van der Waals surface area contributed by atoms with Crippen molar-refractivity contribution in [2.24, 2.45) is 0 Å². The van der Waals surface area contributed by atoms with Gasteiger partial charge in [0.2, 0.25) is 5.88 Å². The van der Waals surface area contributed by atoms with Crippen LogP contribution in [0.3, 0.4) is 0 Å². The molecule has 4 aromatic carbocycles. The van der Waals surface area contributed by atoms with Gasteiger partial charge in [-0.15, -0.1) is 0 Å². The number of aromatic hydroxyl groups is 1. The summed E-state index contributed by atoms with van der Waals surface area (Å²) in [5, 5.41) is 13.4. The lowest BCUT2D eigenvalue weighted by atomic mass is 9.98. The summed E-state index contributed by atoms with van der Waals surface area (Å²) in [6.07, 6.45) is 2.92. The van der Waals surface area contributed by atoms with Crippen LogP contribution in [-0.2, 0) is 11.3 Å². The van der Waals surface area contributed by atoms with Gasteiger partial charge in [-0.2, -0.15) is 0 Å². The molecule has 6 aromatic rings. The molecule has 3 heterocycles. The number of carbonyl (C=O) groups excluding carboxylic acids is 1. The Morgan fingerprint density at radius 1 is 0.886 bits per heavy atom. The summed E-state index contributed by atoms with van der Waals surface area (Å²) in [6.45, 7) is 2.10. The van der Waals surface area contributed by atoms with Gasteiger partial charge in [0, 0.05) is 36.3 Å². The number of amides is 1. The van der Waals surface area contributed by atoms with Crippen molar-refractivity contribution in [1.29, 1.82) is 0 Å². The molecule has 2 aromatic heterocycles. The lowest BCUT2D eigenvalue weighted by molar-refractivity contribution is 0.0305. The number of carbonyl (C=O) groups is 1. The first-order valence-corrected chi connectivity index (χ1v) is 14.6. The van der Waals surface area contributed by atoms with E-state index < -0.39 is 6.10 Å². The van der Waals surface area contributed by atoms with Crippen molar-refractivity contribution in [2.45, 2.75) is 12.6 Å². The summed E-state index contributed by atoms with van der Waals surface area (Å²) < 4.78 is 27.8. The van der Waals surface area contributed by atoms with Gasteiger partial charge in [0.1, 0.15) is 17.4 Å². The van der Waals surface area contributed by atoms with Gasteiger partial charge in [0.05, 0.1) is 30.7 Å². The summed E-state index contributed by atoms with van der Waals surface area (Å²) in [6, 6.07) is 29.5. The molecule has 1 aliphatic rings. The zero-order valence-corrected chi connectivity index (χ0v) is 23.9. The summed E-state index contributed by atoms with van der Waals surface area (Å²) in [7, 11) is 0. The van der Waals surface area contributed by atoms with Crippen LogP contribution in [0.2, 0.25) is 0 Å². The van der Waals surface area contributed by atoms with Gasteiger partial charge in [-0.1, -0.05) is 78.9 Å². The molecule has 0 spiro atoms. The number of hydrogen-bond donors (Lipinski definition) is 1. The molecular weight excluding hydrogens is 557 g/mol. The van der Waals surface area contributed by atoms with E-state index in [1.54, 1.807) is 40.1 Å². The molecule has 7 rings (SSSR count). The van der Waals surface area contributed by atoms with E-state index in [4.69, 9.17) is 14.5 Å². The Hall–Kier alpha value is -5.21. The molecule has 1 saturated heterocycles. The number of hydrogen-bond acceptors (Lipinski definition) is 5. The predicted molar refractivity (Wildman–Crippen MR) is 166 cm³/mol. The Balaban J connectivity index is 1.47. The number of nitrogens with zero attached hydrogens (tertiary/aromatic N) is 3. The highest BCUT2D eigenvalue weighted by atomic mass is 19.1. The third-order valence-electron chi connectivity index (χ3n) is 8.06. The molecule has 220 valence electrons. The Morgan fingerprint density at radius 2 is 1.55 bits per heavy atom. The standard InChI is InChI=1S/C36H30FN3O4/c37-27-15-13-24(14-16-27)22-40-23-29-30(35(41)39-18-20-43-21-19-39)28-12-7-17-38-32(28)34(31(29)36(40)42)44-33(25-8-3-1-4-9-25)26-10-5-2-6-11-26/h1-17,23,33,42H,18-22H2. The highest BCUT2D eigenvalue weighted by Gasteiger charge is 2.30. The molecule has 1 fully saturated rings. The number of ether oxygens (including phenoxy) is 2. The van der Waals surface area contributed by atoms with Crippen LogP contribution < -0.4 is 4.74 Å². The monoisotopic (exact) mass is 587 g/mol. The summed E-state index contributed by atoms with van der Waals surface area (Å²) in [4.78, 5) is 20.7. The number of aromatic nitrogens is 2. The number of morpholine rings is 1. The SMILES string of the molecule is O=C(c1c2cccnc2c(OC(c2ccccc2)c2ccccc2)c2c(O)n(Cc3ccc(F)cc3)cc12)N1CCOCC1. The summed E-state index contributed by atoms with van der Waals surface area (Å²) >= 11 is 0. The maximum Gasteiger partial charge on any atom is 0.255 e. The summed E-state index contributed by atoms with van der Waals surface area (Å²) in [5.74, 6) is -0.190. The van der Waals surface area contributed by atoms with Crippen molar-refractivity contribution >= 4 is 27.6 Å². The molecule has 8 heteroatoms. The van der Waals surface area contributed by atoms with Crippen molar-refractivity contribution in [2.75, 3.05) is 26.3 Å². The van der Waals surface area contributed by atoms with E-state index in [9.17, 15) is 14.3 Å². The van der Waals surface area contributed by atoms with Gasteiger partial charge >= 0.3 is 0 Å². The fourth-order valence-electron chi connectivity index (χ4n) is 5.89. The van der Waals surface area contributed by atoms with Gasteiger partial charge in [-0.05, 0) is 34.9 Å². The zero-order valence-electron chi connectivity index (χ0n) is 23.9. The highest BCUT2D eigenvalue weighted by Crippen LogP contribution is 2.46. The van der Waals surface area contributed by atoms with E-state index >= 15 is 0 Å². The average Bonchev–Trinajstić information content (AvgIpc) is 3.39. The molecule has 0 saturated carbocycles. The molecule has 0 aliphatic carbocycles. The Labute approximate surface area is 253 Å². The Bertz CT molecular complexity index is 1900. The molecule has 0 unspecified atom stereocenters. The van der Waals surface area contributed by atoms with Crippen molar-refractivity contribution in [3.63, 3.8) is 0 Å². The van der Waals surface area contributed by atoms with Gasteiger partial charge in [0.15, 0.2) is 5.75 Å². The first-order chi connectivity index (χ1) is 21.6. The Morgan fingerprint density at radius 3 is 2.20 bits per heavy atom. The fraction of sp³-hybridized carbons (Fsp3) is 0.167. The third kappa shape index (κ3) is 5.14. The van der Waals surface area contributed by atoms with E-state index in [1.807, 2.05) is 66.7 Å². The first kappa shape index (κ1) is 27.6. The fourth-order valence-corrected chi connectivity index (χ4v) is 5.89. The van der Waals surface area contributed by atoms with Crippen molar-refractivity contribution in [3.05, 3.63) is 138 Å². The van der Waals surface area contributed by atoms with E-state index in [0.717, 1.165) is 16.7 Å². The van der Waals surface area contributed by atoms with E-state index in [-0.39, 0.29) is 24.1 Å². The number of halogens is 1. The van der Waals surface area contributed by atoms with Crippen LogP contribution in [0.5, 0.6) is 11.6 Å². The molecular formula is C36H30FN3O4. The lowest BCUT2D eigenvalue weighted by Crippen LogP contribution is -2.40. The van der Waals surface area contributed by atoms with E-state index in [1.165, 1.54) is 12.1 Å². The van der Waals surface area contributed by atoms with E-state index in [0.29, 0.717) is 59.3 Å². The van der Waals surface area contributed by atoms with E-state index in [2.05, 4.69) is 0 Å². The van der Waals surface area contributed by atoms with Crippen molar-refractivity contribution in [3.8, 4) is 11.6 Å². The normalized spacial score (nSPS) is 13.5. The predicted octanol–water partition coefficient (Wildman–Crippen LogP) is 6.72. The van der Waals surface area contributed by atoms with Crippen molar-refractivity contribution < 1.29 is 23.8 Å². The maximum atomic E-state index is 14.2. The smallest absolute Gasteiger partial charge is 0.255 e. The quantitative estimate of drug-likeness (QED) is 0.224. The van der Waals surface area contributed by atoms with Gasteiger partial charge in [-0.3, -0.25) is 9.78 Å². The molecule has 1 amide bonds. The zero-order chi connectivity index (χ0) is 30.0. The van der Waals surface area contributed by atoms with Gasteiger partial charge < -0.3 is 24.0 Å². The summed E-state index contributed by atoms with van der Waals surface area (Å²) in [5.41, 5.74) is 3.56. The second-order valence-corrected chi connectivity index (χ2v) is 10.8. The Kier molecular flexibility index (Phi) is 7.42. The molecule has 0 bridgehead atoms. The molecule has 1 aliphatic heterocycles. The molecule has 0 atom stereocenters. The minimum absolute atomic E-state index is 0.0669. The first-order valence-electron chi connectivity index (χ1n) is 14.6. The van der Waals surface area contributed by atoms with Crippen LogP contribution in [0.1, 0.15) is 33.2 Å². The number of fused-ring (bicyclic) bond motifs is 2. The third-order valence-corrected chi connectivity index (χ3v) is 8.06. The second-order valence-electron chi connectivity index (χ2n) is 10.8. The van der Waals surface area contributed by atoms with Crippen LogP contribution in [-0.4, -0.2) is 51.8 Å². The second kappa shape index (κ2) is 11.8. The maximum absolute atomic E-state index is 14.2. The minimum atomic E-state index is -0.522. The lowest BCUT2D eigenvalue weighted by Gasteiger charge is -2.28. The topological polar surface area (TPSA) is 76.8 Å². The van der Waals surface area contributed by atoms with Crippen LogP contribution in [0.4, 0.5) is 4.39 Å². The van der Waals surface area contributed by atoms with Crippen molar-refractivity contribution in [1.82, 2.24) is 14.5 Å². The average molecular weight is 588 g/mol. The molecule has 0 radical (unpaired) electrons. The number of pyridine rings is 1. The number of benzene rings is 4. The van der Waals surface area contributed by atoms with Crippen LogP contribution in [0.15, 0.2) is 109 Å². The minimum Gasteiger partial charge on any atom is -0.494 e. The molecule has 7 nitrogen and oxygen atoms in total. The van der Waals surface area contributed by atoms with Gasteiger partial charge in [0.25, 0.3) is 5.91 Å². The van der Waals surface area contributed by atoms with Crippen LogP contribution in [0.25, 0.3) is 21.7 Å². The largest absolute Gasteiger partial charge is 0.494 e. The molecule has 1 N–H and O–H groups in total. The molecule has 44 heavy (non-hydrogen) atoms. The van der Waals surface area contributed by atoms with Crippen LogP contribution >= 0.6 is 0 Å². The number of rotatable bonds is 7.